The van der Waals surface area contributed by atoms with E-state index in [0.717, 1.165) is 41.4 Å². The number of halogens is 1. The zero-order valence-corrected chi connectivity index (χ0v) is 16.4. The normalized spacial score (nSPS) is 34.4. The van der Waals surface area contributed by atoms with Gasteiger partial charge in [-0.3, -0.25) is 4.79 Å². The summed E-state index contributed by atoms with van der Waals surface area (Å²) in [6.07, 6.45) is 2.55. The third-order valence-electron chi connectivity index (χ3n) is 6.70. The van der Waals surface area contributed by atoms with Gasteiger partial charge in [0.05, 0.1) is 7.11 Å². The van der Waals surface area contributed by atoms with Crippen LogP contribution in [0.1, 0.15) is 30.4 Å². The molecule has 0 radical (unpaired) electrons. The number of carbonyl (C=O) groups is 1. The Bertz CT molecular complexity index is 737. The van der Waals surface area contributed by atoms with Crippen molar-refractivity contribution in [3.05, 3.63) is 21.7 Å². The number of phenolic OH excluding ortho intramolecular Hbond substituents is 1. The number of methoxy groups -OCH3 is 2. The molecule has 1 aromatic rings. The Morgan fingerprint density at radius 1 is 1.40 bits per heavy atom. The molecule has 2 bridgehead atoms. The van der Waals surface area contributed by atoms with Gasteiger partial charge in [-0.25, -0.2) is 0 Å². The molecule has 6 heteroatoms. The number of hydrogen-bond donors (Lipinski definition) is 1. The predicted molar refractivity (Wildman–Crippen MR) is 97.3 cm³/mol. The summed E-state index contributed by atoms with van der Waals surface area (Å²) in [6.45, 7) is 0.930. The quantitative estimate of drug-likeness (QED) is 0.813. The van der Waals surface area contributed by atoms with Crippen LogP contribution in [0.2, 0.25) is 0 Å². The first-order chi connectivity index (χ1) is 11.9. The zero-order chi connectivity index (χ0) is 17.9. The van der Waals surface area contributed by atoms with Crippen molar-refractivity contribution in [1.82, 2.24) is 4.90 Å². The first kappa shape index (κ1) is 17.3. The van der Waals surface area contributed by atoms with E-state index in [4.69, 9.17) is 9.47 Å². The number of likely N-dealkylation sites (tertiary alicyclic amines) is 1. The van der Waals surface area contributed by atoms with Gasteiger partial charge in [-0.05, 0) is 50.4 Å². The van der Waals surface area contributed by atoms with E-state index < -0.39 is 0 Å². The minimum Gasteiger partial charge on any atom is -0.504 e. The van der Waals surface area contributed by atoms with Gasteiger partial charge in [0.1, 0.15) is 6.10 Å². The van der Waals surface area contributed by atoms with Gasteiger partial charge in [0.25, 0.3) is 0 Å². The van der Waals surface area contributed by atoms with Crippen molar-refractivity contribution in [1.29, 1.82) is 0 Å². The van der Waals surface area contributed by atoms with Crippen LogP contribution >= 0.6 is 15.9 Å². The summed E-state index contributed by atoms with van der Waals surface area (Å²) < 4.78 is 11.8. The lowest BCUT2D eigenvalue weighted by Crippen LogP contribution is -2.63. The molecule has 4 atom stereocenters. The second-order valence-electron chi connectivity index (χ2n) is 7.63. The molecule has 1 N–H and O–H groups in total. The molecule has 136 valence electrons. The van der Waals surface area contributed by atoms with Gasteiger partial charge in [-0.1, -0.05) is 15.9 Å². The molecular weight excluding hydrogens is 386 g/mol. The number of benzene rings is 1. The maximum Gasteiger partial charge on any atom is 0.162 e. The molecule has 2 aliphatic carbocycles. The molecule has 0 aromatic heterocycles. The first-order valence-corrected chi connectivity index (χ1v) is 9.56. The van der Waals surface area contributed by atoms with E-state index in [0.29, 0.717) is 24.1 Å². The summed E-state index contributed by atoms with van der Waals surface area (Å²) in [5.74, 6) is 1.12. The highest BCUT2D eigenvalue weighted by Gasteiger charge is 2.58. The lowest BCUT2D eigenvalue weighted by Gasteiger charge is -2.58. The molecule has 1 saturated heterocycles. The van der Waals surface area contributed by atoms with Crippen molar-refractivity contribution >= 4 is 21.7 Å². The third-order valence-corrected chi connectivity index (χ3v) is 7.41. The summed E-state index contributed by atoms with van der Waals surface area (Å²) >= 11 is 3.67. The Kier molecular flexibility index (Phi) is 4.13. The summed E-state index contributed by atoms with van der Waals surface area (Å²) in [4.78, 5) is 15.2. The van der Waals surface area contributed by atoms with Gasteiger partial charge in [0, 0.05) is 35.0 Å². The highest BCUT2D eigenvalue weighted by Crippen LogP contribution is 2.59. The maximum atomic E-state index is 12.8. The van der Waals surface area contributed by atoms with Gasteiger partial charge in [-0.15, -0.1) is 0 Å². The van der Waals surface area contributed by atoms with Crippen molar-refractivity contribution < 1.29 is 19.4 Å². The SMILES string of the molecule is COc1cc(Br)c2c(c1O)[C@@]13CCN(C)C(C2)C1CC(OC)C(=O)C3. The highest BCUT2D eigenvalue weighted by atomic mass is 79.9. The number of aromatic hydroxyl groups is 1. The second kappa shape index (κ2) is 5.96. The maximum absolute atomic E-state index is 12.8. The monoisotopic (exact) mass is 409 g/mol. The average Bonchev–Trinajstić information content (AvgIpc) is 2.59. The van der Waals surface area contributed by atoms with Crippen LogP contribution in [0.5, 0.6) is 11.5 Å². The molecule has 1 heterocycles. The van der Waals surface area contributed by atoms with Crippen molar-refractivity contribution in [2.45, 2.75) is 43.2 Å². The molecule has 3 unspecified atom stereocenters. The number of ketones is 1. The van der Waals surface area contributed by atoms with E-state index in [1.807, 2.05) is 6.07 Å². The molecule has 4 rings (SSSR count). The van der Waals surface area contributed by atoms with E-state index in [1.165, 1.54) is 0 Å². The van der Waals surface area contributed by atoms with Crippen molar-refractivity contribution in [3.63, 3.8) is 0 Å². The van der Waals surface area contributed by atoms with Crippen molar-refractivity contribution in [2.75, 3.05) is 27.8 Å². The minimum atomic E-state index is -0.329. The van der Waals surface area contributed by atoms with E-state index in [2.05, 4.69) is 27.9 Å². The van der Waals surface area contributed by atoms with Crippen LogP contribution in [0.4, 0.5) is 0 Å². The van der Waals surface area contributed by atoms with Crippen LogP contribution in [0.25, 0.3) is 0 Å². The molecule has 5 nitrogen and oxygen atoms in total. The Morgan fingerprint density at radius 3 is 2.84 bits per heavy atom. The molecule has 1 aromatic carbocycles. The van der Waals surface area contributed by atoms with Gasteiger partial charge in [0.2, 0.25) is 0 Å². The summed E-state index contributed by atoms with van der Waals surface area (Å²) in [5, 5.41) is 11.0. The van der Waals surface area contributed by atoms with E-state index in [9.17, 15) is 9.90 Å². The highest BCUT2D eigenvalue weighted by molar-refractivity contribution is 9.10. The van der Waals surface area contributed by atoms with E-state index in [-0.39, 0.29) is 23.1 Å². The Hall–Kier alpha value is -1.11. The average molecular weight is 410 g/mol. The largest absolute Gasteiger partial charge is 0.504 e. The number of phenols is 1. The standard InChI is InChI=1S/C19H24BrNO4/c1-21-5-4-19-9-14(22)15(24-2)7-11(19)13(21)6-10-12(20)8-16(25-3)18(23)17(10)19/h8,11,13,15,23H,4-7,9H2,1-3H3/t11?,13?,15?,19-/m1/s1. The van der Waals surface area contributed by atoms with Gasteiger partial charge in [0.15, 0.2) is 17.3 Å². The number of fused-ring (bicyclic) bond motifs is 1. The summed E-state index contributed by atoms with van der Waals surface area (Å²) in [5.41, 5.74) is 1.73. The Labute approximate surface area is 156 Å². The van der Waals surface area contributed by atoms with E-state index in [1.54, 1.807) is 14.2 Å². The smallest absolute Gasteiger partial charge is 0.162 e. The zero-order valence-electron chi connectivity index (χ0n) is 14.8. The number of Topliss-reactive ketones (excluding diaryl/α,β-unsaturated/α-hetero) is 1. The van der Waals surface area contributed by atoms with Gasteiger partial charge in [-0.2, -0.15) is 0 Å². The summed E-state index contributed by atoms with van der Waals surface area (Å²) in [7, 11) is 5.35. The minimum absolute atomic E-state index is 0.147. The van der Waals surface area contributed by atoms with Crippen LogP contribution in [0.15, 0.2) is 10.5 Å². The van der Waals surface area contributed by atoms with Crippen LogP contribution in [-0.2, 0) is 21.4 Å². The number of carbonyl (C=O) groups excluding carboxylic acids is 1. The summed E-state index contributed by atoms with van der Waals surface area (Å²) in [6, 6.07) is 2.19. The molecular formula is C19H24BrNO4. The molecule has 2 fully saturated rings. The fraction of sp³-hybridized carbons (Fsp3) is 0.632. The molecule has 0 spiro atoms. The van der Waals surface area contributed by atoms with E-state index >= 15 is 0 Å². The van der Waals surface area contributed by atoms with Crippen LogP contribution in [-0.4, -0.2) is 55.7 Å². The van der Waals surface area contributed by atoms with Crippen molar-refractivity contribution in [3.8, 4) is 11.5 Å². The Morgan fingerprint density at radius 2 is 2.16 bits per heavy atom. The van der Waals surface area contributed by atoms with Gasteiger partial charge < -0.3 is 19.5 Å². The number of piperidine rings is 1. The predicted octanol–water partition coefficient (Wildman–Crippen LogP) is 2.66. The molecule has 3 aliphatic rings. The molecule has 25 heavy (non-hydrogen) atoms. The number of likely N-dealkylation sites (N-methyl/N-ethyl adjacent to an activating group) is 1. The number of nitrogens with zero attached hydrogens (tertiary/aromatic N) is 1. The Balaban J connectivity index is 1.95. The second-order valence-corrected chi connectivity index (χ2v) is 8.48. The fourth-order valence-electron chi connectivity index (χ4n) is 5.47. The number of rotatable bonds is 2. The van der Waals surface area contributed by atoms with Gasteiger partial charge >= 0.3 is 0 Å². The lowest BCUT2D eigenvalue weighted by atomic mass is 9.51. The topological polar surface area (TPSA) is 59.0 Å². The first-order valence-electron chi connectivity index (χ1n) is 8.77. The number of hydrogen-bond acceptors (Lipinski definition) is 5. The molecule has 0 amide bonds. The lowest BCUT2D eigenvalue weighted by molar-refractivity contribution is -0.141. The van der Waals surface area contributed by atoms with Crippen LogP contribution in [0.3, 0.4) is 0 Å². The third kappa shape index (κ3) is 2.30. The molecule has 1 saturated carbocycles. The fourth-order valence-corrected chi connectivity index (χ4v) is 6.04. The molecule has 1 aliphatic heterocycles. The van der Waals surface area contributed by atoms with Crippen LogP contribution in [0, 0.1) is 5.92 Å². The number of ether oxygens (including phenoxy) is 2. The van der Waals surface area contributed by atoms with Crippen molar-refractivity contribution in [2.24, 2.45) is 5.92 Å². The van der Waals surface area contributed by atoms with Crippen LogP contribution < -0.4 is 4.74 Å².